The van der Waals surface area contributed by atoms with Gasteiger partial charge in [-0.05, 0) is 57.9 Å². The molecule has 0 aromatic heterocycles. The predicted molar refractivity (Wildman–Crippen MR) is 87.1 cm³/mol. The molecule has 0 aromatic carbocycles. The number of β-amino-alcohol motifs (C(OH)–C–C–N with tert-alkyl or cyclic N) is 1. The van der Waals surface area contributed by atoms with Crippen LogP contribution in [0.3, 0.4) is 0 Å². The Labute approximate surface area is 126 Å². The third-order valence-corrected chi connectivity index (χ3v) is 4.85. The molecule has 1 aliphatic rings. The van der Waals surface area contributed by atoms with Crippen LogP contribution in [0.1, 0.15) is 58.8 Å². The number of likely N-dealkylation sites (tertiary alicyclic amines) is 1. The van der Waals surface area contributed by atoms with Gasteiger partial charge in [-0.3, -0.25) is 0 Å². The van der Waals surface area contributed by atoms with E-state index in [1.54, 1.807) is 0 Å². The number of hydrogen-bond acceptors (Lipinski definition) is 3. The smallest absolute Gasteiger partial charge is 0.0558 e. The highest BCUT2D eigenvalue weighted by Gasteiger charge is 2.17. The summed E-state index contributed by atoms with van der Waals surface area (Å²) in [4.78, 5) is 4.93. The molecule has 0 radical (unpaired) electrons. The first-order valence-corrected chi connectivity index (χ1v) is 8.85. The molecule has 1 heterocycles. The van der Waals surface area contributed by atoms with Crippen LogP contribution in [0.5, 0.6) is 0 Å². The minimum atomic E-state index is 0.317. The molecule has 0 atom stereocenters. The fraction of sp³-hybridized carbons (Fsp3) is 1.00. The third kappa shape index (κ3) is 7.61. The Morgan fingerprint density at radius 2 is 1.65 bits per heavy atom. The minimum absolute atomic E-state index is 0.317. The summed E-state index contributed by atoms with van der Waals surface area (Å²) in [5.41, 5.74) is 0. The van der Waals surface area contributed by atoms with E-state index in [2.05, 4.69) is 23.6 Å². The molecule has 120 valence electrons. The molecule has 1 fully saturated rings. The Bertz CT molecular complexity index is 211. The van der Waals surface area contributed by atoms with E-state index in [4.69, 9.17) is 5.11 Å². The van der Waals surface area contributed by atoms with Crippen molar-refractivity contribution in [2.45, 2.75) is 58.8 Å². The molecule has 0 unspecified atom stereocenters. The molecule has 1 saturated heterocycles. The Morgan fingerprint density at radius 1 is 1.00 bits per heavy atom. The Morgan fingerprint density at radius 3 is 2.25 bits per heavy atom. The van der Waals surface area contributed by atoms with E-state index in [1.165, 1.54) is 77.7 Å². The minimum Gasteiger partial charge on any atom is -0.395 e. The molecule has 1 aliphatic heterocycles. The van der Waals surface area contributed by atoms with Crippen LogP contribution in [0.25, 0.3) is 0 Å². The van der Waals surface area contributed by atoms with Crippen LogP contribution in [0.4, 0.5) is 0 Å². The van der Waals surface area contributed by atoms with Crippen molar-refractivity contribution in [3.63, 3.8) is 0 Å². The predicted octanol–water partition coefficient (Wildman–Crippen LogP) is 2.98. The highest BCUT2D eigenvalue weighted by atomic mass is 16.3. The van der Waals surface area contributed by atoms with Crippen molar-refractivity contribution in [3.05, 3.63) is 0 Å². The SMILES string of the molecule is CCN(CC)CCCCCCC1CCN(CCO)CC1. The van der Waals surface area contributed by atoms with Gasteiger partial charge in [0.05, 0.1) is 6.61 Å². The molecule has 0 saturated carbocycles. The summed E-state index contributed by atoms with van der Waals surface area (Å²) >= 11 is 0. The van der Waals surface area contributed by atoms with Crippen LogP contribution >= 0.6 is 0 Å². The zero-order chi connectivity index (χ0) is 14.6. The maximum Gasteiger partial charge on any atom is 0.0558 e. The van der Waals surface area contributed by atoms with Crippen molar-refractivity contribution in [2.24, 2.45) is 5.92 Å². The largest absolute Gasteiger partial charge is 0.395 e. The summed E-state index contributed by atoms with van der Waals surface area (Å²) < 4.78 is 0. The average molecular weight is 284 g/mol. The summed E-state index contributed by atoms with van der Waals surface area (Å²) in [6.07, 6.45) is 9.73. The first-order valence-electron chi connectivity index (χ1n) is 8.85. The Hall–Kier alpha value is -0.120. The van der Waals surface area contributed by atoms with E-state index in [9.17, 15) is 0 Å². The van der Waals surface area contributed by atoms with Gasteiger partial charge in [-0.15, -0.1) is 0 Å². The molecule has 1 rings (SSSR count). The van der Waals surface area contributed by atoms with Crippen LogP contribution in [-0.2, 0) is 0 Å². The lowest BCUT2D eigenvalue weighted by Gasteiger charge is -2.31. The van der Waals surface area contributed by atoms with Crippen molar-refractivity contribution >= 4 is 0 Å². The Kier molecular flexibility index (Phi) is 10.3. The highest BCUT2D eigenvalue weighted by molar-refractivity contribution is 4.72. The maximum absolute atomic E-state index is 8.94. The second-order valence-corrected chi connectivity index (χ2v) is 6.24. The number of unbranched alkanes of at least 4 members (excludes halogenated alkanes) is 3. The molecular formula is C17H36N2O. The summed E-state index contributed by atoms with van der Waals surface area (Å²) in [7, 11) is 0. The molecule has 0 aromatic rings. The van der Waals surface area contributed by atoms with Gasteiger partial charge in [0.1, 0.15) is 0 Å². The van der Waals surface area contributed by atoms with Crippen molar-refractivity contribution in [1.29, 1.82) is 0 Å². The number of nitrogens with zero attached hydrogens (tertiary/aromatic N) is 2. The van der Waals surface area contributed by atoms with Crippen molar-refractivity contribution in [3.8, 4) is 0 Å². The van der Waals surface area contributed by atoms with Gasteiger partial charge < -0.3 is 14.9 Å². The van der Waals surface area contributed by atoms with E-state index < -0.39 is 0 Å². The average Bonchev–Trinajstić information content (AvgIpc) is 2.48. The van der Waals surface area contributed by atoms with E-state index in [0.717, 1.165) is 12.5 Å². The first kappa shape index (κ1) is 17.9. The zero-order valence-electron chi connectivity index (χ0n) is 13.8. The molecule has 0 amide bonds. The first-order chi connectivity index (χ1) is 9.80. The van der Waals surface area contributed by atoms with Gasteiger partial charge in [-0.25, -0.2) is 0 Å². The van der Waals surface area contributed by atoms with Crippen molar-refractivity contribution < 1.29 is 5.11 Å². The maximum atomic E-state index is 8.94. The van der Waals surface area contributed by atoms with Gasteiger partial charge in [0.25, 0.3) is 0 Å². The van der Waals surface area contributed by atoms with Gasteiger partial charge in [0, 0.05) is 6.54 Å². The van der Waals surface area contributed by atoms with Crippen LogP contribution in [0.2, 0.25) is 0 Å². The fourth-order valence-corrected chi connectivity index (χ4v) is 3.30. The van der Waals surface area contributed by atoms with Gasteiger partial charge >= 0.3 is 0 Å². The molecular weight excluding hydrogens is 248 g/mol. The van der Waals surface area contributed by atoms with E-state index >= 15 is 0 Å². The standard InChI is InChI=1S/C17H36N2O/c1-3-18(4-2)12-8-6-5-7-9-17-10-13-19(14-11-17)15-16-20/h17,20H,3-16H2,1-2H3. The van der Waals surface area contributed by atoms with E-state index in [0.29, 0.717) is 6.61 Å². The molecule has 0 bridgehead atoms. The normalized spacial score (nSPS) is 18.0. The molecule has 3 nitrogen and oxygen atoms in total. The fourth-order valence-electron chi connectivity index (χ4n) is 3.30. The van der Waals surface area contributed by atoms with E-state index in [1.807, 2.05) is 0 Å². The zero-order valence-corrected chi connectivity index (χ0v) is 13.8. The summed E-state index contributed by atoms with van der Waals surface area (Å²) in [6, 6.07) is 0. The second kappa shape index (κ2) is 11.5. The van der Waals surface area contributed by atoms with Gasteiger partial charge in [-0.1, -0.05) is 39.5 Å². The third-order valence-electron chi connectivity index (χ3n) is 4.85. The summed E-state index contributed by atoms with van der Waals surface area (Å²) in [5, 5.41) is 8.94. The molecule has 0 spiro atoms. The highest BCUT2D eigenvalue weighted by Crippen LogP contribution is 2.22. The number of hydrogen-bond donors (Lipinski definition) is 1. The lowest BCUT2D eigenvalue weighted by Crippen LogP contribution is -2.35. The summed E-state index contributed by atoms with van der Waals surface area (Å²) in [5.74, 6) is 0.952. The topological polar surface area (TPSA) is 26.7 Å². The van der Waals surface area contributed by atoms with Crippen LogP contribution in [0.15, 0.2) is 0 Å². The van der Waals surface area contributed by atoms with Crippen LogP contribution in [-0.4, -0.2) is 60.8 Å². The number of rotatable bonds is 11. The number of piperidine rings is 1. The van der Waals surface area contributed by atoms with Crippen LogP contribution < -0.4 is 0 Å². The number of aliphatic hydroxyl groups is 1. The Balaban J connectivity index is 1.92. The van der Waals surface area contributed by atoms with Gasteiger partial charge in [0.2, 0.25) is 0 Å². The van der Waals surface area contributed by atoms with E-state index in [-0.39, 0.29) is 0 Å². The van der Waals surface area contributed by atoms with Gasteiger partial charge in [-0.2, -0.15) is 0 Å². The quantitative estimate of drug-likeness (QED) is 0.591. The molecule has 0 aliphatic carbocycles. The molecule has 20 heavy (non-hydrogen) atoms. The van der Waals surface area contributed by atoms with Gasteiger partial charge in [0.15, 0.2) is 0 Å². The monoisotopic (exact) mass is 284 g/mol. The lowest BCUT2D eigenvalue weighted by atomic mass is 9.91. The van der Waals surface area contributed by atoms with Crippen molar-refractivity contribution in [1.82, 2.24) is 9.80 Å². The summed E-state index contributed by atoms with van der Waals surface area (Å²) in [6.45, 7) is 11.8. The van der Waals surface area contributed by atoms with Crippen molar-refractivity contribution in [2.75, 3.05) is 45.9 Å². The molecule has 3 heteroatoms. The van der Waals surface area contributed by atoms with Crippen LogP contribution in [0, 0.1) is 5.92 Å². The second-order valence-electron chi connectivity index (χ2n) is 6.24. The molecule has 1 N–H and O–H groups in total. The lowest BCUT2D eigenvalue weighted by molar-refractivity contribution is 0.143. The number of aliphatic hydroxyl groups excluding tert-OH is 1.